The van der Waals surface area contributed by atoms with Crippen LogP contribution in [0.25, 0.3) is 0 Å². The number of amides is 2. The molecular weight excluding hydrogens is 396 g/mol. The molecular formula is C21H24N8O2. The van der Waals surface area contributed by atoms with Crippen LogP contribution in [0.5, 0.6) is 0 Å². The zero-order valence-corrected chi connectivity index (χ0v) is 17.2. The van der Waals surface area contributed by atoms with Crippen molar-refractivity contribution in [3.05, 3.63) is 54.1 Å². The minimum Gasteiger partial charge on any atom is -0.392 e. The molecule has 4 rings (SSSR count). The number of nitrogens with one attached hydrogen (secondary N) is 4. The zero-order chi connectivity index (χ0) is 21.8. The smallest absolute Gasteiger partial charge is 0.276 e. The standard InChI is InChI=1S/C21H24N8O2/c1-23-11-17(18(22)21(31)29-7-2-8-29)28-20(30)19-16(26-14-9-24-12-25-10-14)6-5-15(27-19)13-3-4-13/h5-6,9-13,22-23,26H,2-4,7-8H2,1H3,(H,28,30)/b17-11+,22-18?. The van der Waals surface area contributed by atoms with Crippen LogP contribution in [0, 0.1) is 5.41 Å². The van der Waals surface area contributed by atoms with Crippen LogP contribution in [0.2, 0.25) is 0 Å². The van der Waals surface area contributed by atoms with Crippen LogP contribution in [0.1, 0.15) is 41.4 Å². The Morgan fingerprint density at radius 2 is 1.94 bits per heavy atom. The Labute approximate surface area is 179 Å². The summed E-state index contributed by atoms with van der Waals surface area (Å²) in [6, 6.07) is 3.71. The molecule has 160 valence electrons. The van der Waals surface area contributed by atoms with Gasteiger partial charge in [-0.3, -0.25) is 15.0 Å². The quantitative estimate of drug-likeness (QED) is 0.476. The predicted molar refractivity (Wildman–Crippen MR) is 115 cm³/mol. The second-order valence-corrected chi connectivity index (χ2v) is 7.48. The third-order valence-electron chi connectivity index (χ3n) is 5.13. The summed E-state index contributed by atoms with van der Waals surface area (Å²) >= 11 is 0. The van der Waals surface area contributed by atoms with E-state index >= 15 is 0 Å². The van der Waals surface area contributed by atoms with E-state index in [2.05, 4.69) is 30.9 Å². The van der Waals surface area contributed by atoms with Crippen molar-refractivity contribution in [1.29, 1.82) is 5.41 Å². The third kappa shape index (κ3) is 4.68. The van der Waals surface area contributed by atoms with Crippen molar-refractivity contribution >= 4 is 28.9 Å². The van der Waals surface area contributed by atoms with E-state index in [-0.39, 0.29) is 17.1 Å². The fourth-order valence-corrected chi connectivity index (χ4v) is 3.16. The van der Waals surface area contributed by atoms with Gasteiger partial charge in [0.05, 0.1) is 29.5 Å². The number of pyridine rings is 1. The molecule has 0 aromatic carbocycles. The Morgan fingerprint density at radius 1 is 1.19 bits per heavy atom. The lowest BCUT2D eigenvalue weighted by molar-refractivity contribution is -0.127. The maximum atomic E-state index is 13.2. The minimum atomic E-state index is -0.510. The molecule has 31 heavy (non-hydrogen) atoms. The van der Waals surface area contributed by atoms with Gasteiger partial charge in [-0.05, 0) is 31.4 Å². The molecule has 0 unspecified atom stereocenters. The highest BCUT2D eigenvalue weighted by molar-refractivity contribution is 6.44. The zero-order valence-electron chi connectivity index (χ0n) is 17.2. The van der Waals surface area contributed by atoms with E-state index in [4.69, 9.17) is 5.41 Å². The van der Waals surface area contributed by atoms with Gasteiger partial charge in [0, 0.05) is 37.9 Å². The van der Waals surface area contributed by atoms with Crippen LogP contribution in [-0.4, -0.2) is 57.5 Å². The summed E-state index contributed by atoms with van der Waals surface area (Å²) in [5, 5.41) is 16.9. The number of likely N-dealkylation sites (tertiary alicyclic amines) is 1. The van der Waals surface area contributed by atoms with Gasteiger partial charge >= 0.3 is 0 Å². The second kappa shape index (κ2) is 8.90. The van der Waals surface area contributed by atoms with Crippen molar-refractivity contribution in [2.75, 3.05) is 25.5 Å². The van der Waals surface area contributed by atoms with E-state index < -0.39 is 11.8 Å². The number of carbonyl (C=O) groups excluding carboxylic acids is 2. The van der Waals surface area contributed by atoms with Gasteiger partial charge in [-0.25, -0.2) is 15.0 Å². The van der Waals surface area contributed by atoms with E-state index in [1.807, 2.05) is 6.07 Å². The maximum Gasteiger partial charge on any atom is 0.276 e. The molecule has 0 spiro atoms. The van der Waals surface area contributed by atoms with Crippen molar-refractivity contribution in [1.82, 2.24) is 30.5 Å². The van der Waals surface area contributed by atoms with E-state index in [1.54, 1.807) is 30.4 Å². The molecule has 1 aliphatic carbocycles. The number of hydrogen-bond donors (Lipinski definition) is 4. The first-order valence-electron chi connectivity index (χ1n) is 10.2. The molecule has 3 heterocycles. The van der Waals surface area contributed by atoms with Crippen LogP contribution in [0.4, 0.5) is 11.4 Å². The van der Waals surface area contributed by atoms with Crippen molar-refractivity contribution in [2.24, 2.45) is 0 Å². The van der Waals surface area contributed by atoms with Crippen LogP contribution >= 0.6 is 0 Å². The lowest BCUT2D eigenvalue weighted by Crippen LogP contribution is -2.47. The average molecular weight is 420 g/mol. The van der Waals surface area contributed by atoms with Gasteiger partial charge in [0.15, 0.2) is 5.69 Å². The monoisotopic (exact) mass is 420 g/mol. The topological polar surface area (TPSA) is 136 Å². The second-order valence-electron chi connectivity index (χ2n) is 7.48. The van der Waals surface area contributed by atoms with E-state index in [0.717, 1.165) is 25.0 Å². The summed E-state index contributed by atoms with van der Waals surface area (Å²) in [6.45, 7) is 1.25. The Bertz CT molecular complexity index is 1030. The molecule has 2 aromatic heterocycles. The lowest BCUT2D eigenvalue weighted by Gasteiger charge is -2.31. The van der Waals surface area contributed by atoms with E-state index in [1.165, 1.54) is 12.5 Å². The lowest BCUT2D eigenvalue weighted by atomic mass is 10.1. The Morgan fingerprint density at radius 3 is 2.55 bits per heavy atom. The molecule has 2 amide bonds. The minimum absolute atomic E-state index is 0.0945. The summed E-state index contributed by atoms with van der Waals surface area (Å²) in [6.07, 6.45) is 9.06. The number of hydrogen-bond acceptors (Lipinski definition) is 8. The molecule has 0 atom stereocenters. The van der Waals surface area contributed by atoms with Gasteiger partial charge in [-0.1, -0.05) is 0 Å². The van der Waals surface area contributed by atoms with Crippen molar-refractivity contribution < 1.29 is 9.59 Å². The number of rotatable bonds is 8. The van der Waals surface area contributed by atoms with Crippen molar-refractivity contribution in [2.45, 2.75) is 25.2 Å². The number of anilines is 2. The van der Waals surface area contributed by atoms with Crippen LogP contribution in [0.3, 0.4) is 0 Å². The first kappa shape index (κ1) is 20.5. The highest BCUT2D eigenvalue weighted by Crippen LogP contribution is 2.39. The maximum absolute atomic E-state index is 13.2. The fraction of sp³-hybridized carbons (Fsp3) is 0.333. The first-order valence-corrected chi connectivity index (χ1v) is 10.2. The van der Waals surface area contributed by atoms with Crippen LogP contribution < -0.4 is 16.0 Å². The summed E-state index contributed by atoms with van der Waals surface area (Å²) in [5.74, 6) is -0.559. The molecule has 1 aliphatic heterocycles. The molecule has 0 bridgehead atoms. The molecule has 2 aromatic rings. The summed E-state index contributed by atoms with van der Waals surface area (Å²) < 4.78 is 0. The summed E-state index contributed by atoms with van der Waals surface area (Å²) in [7, 11) is 1.64. The van der Waals surface area contributed by atoms with Gasteiger partial charge in [-0.15, -0.1) is 0 Å². The molecule has 10 nitrogen and oxygen atoms in total. The third-order valence-corrected chi connectivity index (χ3v) is 5.13. The summed E-state index contributed by atoms with van der Waals surface area (Å²) in [4.78, 5) is 39.7. The molecule has 1 saturated heterocycles. The van der Waals surface area contributed by atoms with E-state index in [9.17, 15) is 9.59 Å². The summed E-state index contributed by atoms with van der Waals surface area (Å²) in [5.41, 5.74) is 1.96. The normalized spacial score (nSPS) is 15.6. The molecule has 2 fully saturated rings. The van der Waals surface area contributed by atoms with Crippen LogP contribution in [-0.2, 0) is 4.79 Å². The van der Waals surface area contributed by atoms with Gasteiger partial charge in [0.1, 0.15) is 12.0 Å². The molecule has 0 radical (unpaired) electrons. The highest BCUT2D eigenvalue weighted by atomic mass is 16.2. The predicted octanol–water partition coefficient (Wildman–Crippen LogP) is 1.54. The molecule has 2 aliphatic rings. The Hall–Kier alpha value is -3.82. The number of aromatic nitrogens is 3. The van der Waals surface area contributed by atoms with Gasteiger partial charge < -0.3 is 20.9 Å². The number of nitrogens with zero attached hydrogens (tertiary/aromatic N) is 4. The average Bonchev–Trinajstić information content (AvgIpc) is 3.58. The van der Waals surface area contributed by atoms with Crippen molar-refractivity contribution in [3.63, 3.8) is 0 Å². The highest BCUT2D eigenvalue weighted by Gasteiger charge is 2.29. The van der Waals surface area contributed by atoms with Gasteiger partial charge in [0.2, 0.25) is 0 Å². The Kier molecular flexibility index (Phi) is 5.87. The Balaban J connectivity index is 1.59. The largest absolute Gasteiger partial charge is 0.392 e. The van der Waals surface area contributed by atoms with Crippen molar-refractivity contribution in [3.8, 4) is 0 Å². The van der Waals surface area contributed by atoms with E-state index in [0.29, 0.717) is 30.4 Å². The fourth-order valence-electron chi connectivity index (χ4n) is 3.16. The van der Waals surface area contributed by atoms with Gasteiger partial charge in [0.25, 0.3) is 11.8 Å². The first-order chi connectivity index (χ1) is 15.1. The van der Waals surface area contributed by atoms with Gasteiger partial charge in [-0.2, -0.15) is 0 Å². The molecule has 4 N–H and O–H groups in total. The van der Waals surface area contributed by atoms with Crippen LogP contribution in [0.15, 0.2) is 42.8 Å². The SMILES string of the molecule is CN/C=C(/NC(=O)c1nc(C2CC2)ccc1Nc1cncnc1)C(=N)C(=O)N1CCC1. The molecule has 1 saturated carbocycles. The number of carbonyl (C=O) groups is 2. The molecule has 10 heteroatoms.